The number of aromatic nitrogens is 2. The molecule has 1 amide bonds. The third kappa shape index (κ3) is 9.03. The summed E-state index contributed by atoms with van der Waals surface area (Å²) in [6, 6.07) is 47.8. The van der Waals surface area contributed by atoms with Crippen molar-refractivity contribution in [2.45, 2.75) is 57.9 Å². The number of nitrogens with zero attached hydrogens (tertiary/aromatic N) is 4. The van der Waals surface area contributed by atoms with Gasteiger partial charge in [-0.2, -0.15) is 0 Å². The molecule has 61 heavy (non-hydrogen) atoms. The first-order valence-electron chi connectivity index (χ1n) is 20.5. The van der Waals surface area contributed by atoms with Crippen LogP contribution in [0.3, 0.4) is 0 Å². The molecule has 2 aliphatic rings. The number of morpholine rings is 1. The number of carbonyl (C=O) groups excluding carboxylic acids is 2. The van der Waals surface area contributed by atoms with Crippen molar-refractivity contribution < 1.29 is 28.9 Å². The van der Waals surface area contributed by atoms with Crippen molar-refractivity contribution in [1.82, 2.24) is 19.8 Å². The first-order valence-corrected chi connectivity index (χ1v) is 20.5. The van der Waals surface area contributed by atoms with E-state index >= 15 is 0 Å². The van der Waals surface area contributed by atoms with Crippen LogP contribution in [0.5, 0.6) is 5.75 Å². The van der Waals surface area contributed by atoms with Gasteiger partial charge in [-0.3, -0.25) is 24.4 Å². The van der Waals surface area contributed by atoms with Gasteiger partial charge >= 0.3 is 5.97 Å². The fourth-order valence-electron chi connectivity index (χ4n) is 7.88. The summed E-state index contributed by atoms with van der Waals surface area (Å²) in [5, 5.41) is 17.1. The molecule has 1 aromatic heterocycles. The van der Waals surface area contributed by atoms with Crippen LogP contribution in [0.2, 0.25) is 0 Å². The zero-order valence-corrected chi connectivity index (χ0v) is 34.5. The van der Waals surface area contributed by atoms with Crippen LogP contribution in [0.15, 0.2) is 157 Å². The van der Waals surface area contributed by atoms with Crippen molar-refractivity contribution in [3.8, 4) is 5.75 Å². The lowest BCUT2D eigenvalue weighted by atomic mass is 9.75. The van der Waals surface area contributed by atoms with Gasteiger partial charge in [0.1, 0.15) is 23.5 Å². The Kier molecular flexibility index (Phi) is 12.2. The topological polar surface area (TPSA) is 140 Å². The summed E-state index contributed by atoms with van der Waals surface area (Å²) in [6.45, 7) is 6.17. The number of rotatable bonds is 12. The van der Waals surface area contributed by atoms with Crippen LogP contribution in [0.4, 0.5) is 5.82 Å². The first kappa shape index (κ1) is 41.3. The molecule has 0 spiro atoms. The zero-order valence-electron chi connectivity index (χ0n) is 34.5. The number of fused-ring (bicyclic) bond motifs is 1. The van der Waals surface area contributed by atoms with Crippen LogP contribution >= 0.6 is 0 Å². The molecule has 312 valence electrons. The third-order valence-electron chi connectivity index (χ3n) is 10.9. The molecule has 3 atom stereocenters. The Labute approximate surface area is 355 Å². The van der Waals surface area contributed by atoms with Gasteiger partial charge in [0.2, 0.25) is 11.9 Å². The summed E-state index contributed by atoms with van der Waals surface area (Å²) in [5.74, 6) is 0.583. The highest BCUT2D eigenvalue weighted by Gasteiger charge is 2.47. The van der Waals surface area contributed by atoms with E-state index in [1.807, 2.05) is 65.2 Å². The molecule has 0 bridgehead atoms. The van der Waals surface area contributed by atoms with Crippen molar-refractivity contribution in [3.63, 3.8) is 0 Å². The number of hydrogen-bond donors (Lipinski definition) is 3. The highest BCUT2D eigenvalue weighted by Crippen LogP contribution is 2.45. The molecule has 3 N–H and O–H groups in total. The van der Waals surface area contributed by atoms with Crippen molar-refractivity contribution in [3.05, 3.63) is 185 Å². The molecule has 0 saturated carbocycles. The van der Waals surface area contributed by atoms with Crippen molar-refractivity contribution in [2.75, 3.05) is 25.0 Å². The summed E-state index contributed by atoms with van der Waals surface area (Å²) >= 11 is 0. The summed E-state index contributed by atoms with van der Waals surface area (Å²) in [6.07, 6.45) is -0.284. The maximum Gasteiger partial charge on any atom is 0.316 e. The maximum absolute atomic E-state index is 13.4. The minimum atomic E-state index is -0.909. The number of guanidine groups is 1. The van der Waals surface area contributed by atoms with Gasteiger partial charge in [0.25, 0.3) is 0 Å². The SMILES string of the molecule is CC(C)(C)C(=O)Oc1ccc(COC2N=C(NC(=O)Cc3ccccc3)Nc3c2ncn3[C@H]2CN(C(c3ccccc3)(c3ccccc3)c3ccccc3)C[C@@H](CO)O2)cc1. The molecule has 1 saturated heterocycles. The van der Waals surface area contributed by atoms with E-state index in [9.17, 15) is 14.7 Å². The number of imidazole rings is 1. The second-order valence-electron chi connectivity index (χ2n) is 16.3. The standard InChI is InChI=1S/C49H50N6O6/c1-48(2,3)46(58)61-39-26-24-35(25-27-39)32-59-45-43-44(52-47(53-45)51-41(57)28-34-16-8-4-9-17-34)55(33-50-43)42-30-54(29-40(31-56)60-42)49(36-18-10-5-11-19-36,37-20-12-6-13-21-37)38-22-14-7-15-23-38/h4-27,33,40,42,45,56H,28-32H2,1-3H3,(H2,51,52,53,57)/t40-,42+,45?/m0/s1. The highest BCUT2D eigenvalue weighted by molar-refractivity contribution is 6.05. The number of carbonyl (C=O) groups is 2. The van der Waals surface area contributed by atoms with Crippen LogP contribution in [-0.4, -0.2) is 63.2 Å². The minimum Gasteiger partial charge on any atom is -0.426 e. The monoisotopic (exact) mass is 818 g/mol. The Balaban J connectivity index is 1.13. The van der Waals surface area contributed by atoms with E-state index in [4.69, 9.17) is 24.2 Å². The number of aliphatic hydroxyl groups excluding tert-OH is 1. The fraction of sp³-hybridized carbons (Fsp3) is 0.265. The first-order chi connectivity index (χ1) is 29.6. The van der Waals surface area contributed by atoms with Gasteiger partial charge in [-0.25, -0.2) is 9.98 Å². The summed E-state index contributed by atoms with van der Waals surface area (Å²) < 4.78 is 20.6. The quantitative estimate of drug-likeness (QED) is 0.0656. The number of anilines is 1. The number of aliphatic hydroxyl groups is 1. The number of nitrogens with one attached hydrogen (secondary N) is 2. The minimum absolute atomic E-state index is 0.144. The highest BCUT2D eigenvalue weighted by atomic mass is 16.5. The normalized spacial score (nSPS) is 18.0. The Morgan fingerprint density at radius 3 is 1.92 bits per heavy atom. The number of benzene rings is 5. The zero-order chi connectivity index (χ0) is 42.4. The molecule has 5 aromatic carbocycles. The molecule has 8 rings (SSSR count). The molecule has 0 aliphatic carbocycles. The smallest absolute Gasteiger partial charge is 0.316 e. The molecule has 0 radical (unpaired) electrons. The lowest BCUT2D eigenvalue weighted by Gasteiger charge is -2.50. The van der Waals surface area contributed by atoms with Gasteiger partial charge < -0.3 is 24.6 Å². The lowest BCUT2D eigenvalue weighted by Crippen LogP contribution is -2.57. The molecule has 1 fully saturated rings. The van der Waals surface area contributed by atoms with E-state index in [-0.39, 0.29) is 37.5 Å². The van der Waals surface area contributed by atoms with Crippen molar-refractivity contribution in [2.24, 2.45) is 10.4 Å². The van der Waals surface area contributed by atoms with Crippen LogP contribution in [-0.2, 0) is 37.6 Å². The third-order valence-corrected chi connectivity index (χ3v) is 10.9. The van der Waals surface area contributed by atoms with E-state index in [1.54, 1.807) is 39.2 Å². The summed E-state index contributed by atoms with van der Waals surface area (Å²) in [4.78, 5) is 37.9. The van der Waals surface area contributed by atoms with E-state index in [2.05, 4.69) is 88.3 Å². The molecule has 12 heteroatoms. The summed E-state index contributed by atoms with van der Waals surface area (Å²) in [5.41, 5.74) is 3.97. The van der Waals surface area contributed by atoms with E-state index in [0.717, 1.165) is 27.8 Å². The van der Waals surface area contributed by atoms with Gasteiger partial charge in [-0.15, -0.1) is 0 Å². The fourth-order valence-corrected chi connectivity index (χ4v) is 7.88. The molecule has 12 nitrogen and oxygen atoms in total. The Morgan fingerprint density at radius 2 is 1.36 bits per heavy atom. The Bertz CT molecular complexity index is 2340. The van der Waals surface area contributed by atoms with Crippen LogP contribution < -0.4 is 15.4 Å². The summed E-state index contributed by atoms with van der Waals surface area (Å²) in [7, 11) is 0. The predicted molar refractivity (Wildman–Crippen MR) is 232 cm³/mol. The van der Waals surface area contributed by atoms with Crippen LogP contribution in [0, 0.1) is 5.41 Å². The second kappa shape index (κ2) is 18.0. The van der Waals surface area contributed by atoms with E-state index in [0.29, 0.717) is 30.4 Å². The Hall–Kier alpha value is -6.44. The molecular formula is C49H50N6O6. The van der Waals surface area contributed by atoms with Crippen LogP contribution in [0.1, 0.15) is 66.7 Å². The van der Waals surface area contributed by atoms with Crippen molar-refractivity contribution in [1.29, 1.82) is 0 Å². The molecule has 1 unspecified atom stereocenters. The van der Waals surface area contributed by atoms with Gasteiger partial charge in [0.15, 0.2) is 6.23 Å². The van der Waals surface area contributed by atoms with Gasteiger partial charge in [0, 0.05) is 13.1 Å². The van der Waals surface area contributed by atoms with E-state index in [1.165, 1.54) is 0 Å². The predicted octanol–water partition coefficient (Wildman–Crippen LogP) is 7.37. The maximum atomic E-state index is 13.4. The van der Waals surface area contributed by atoms with Gasteiger partial charge in [0.05, 0.1) is 43.0 Å². The Morgan fingerprint density at radius 1 is 0.787 bits per heavy atom. The number of aliphatic imine (C=N–C) groups is 1. The van der Waals surface area contributed by atoms with Crippen LogP contribution in [0.25, 0.3) is 0 Å². The largest absolute Gasteiger partial charge is 0.426 e. The average Bonchev–Trinajstić information content (AvgIpc) is 3.71. The number of hydrogen-bond acceptors (Lipinski definition) is 10. The van der Waals surface area contributed by atoms with Gasteiger partial charge in [-0.1, -0.05) is 133 Å². The number of amides is 1. The van der Waals surface area contributed by atoms with Gasteiger partial charge in [-0.05, 0) is 60.7 Å². The second-order valence-corrected chi connectivity index (χ2v) is 16.3. The van der Waals surface area contributed by atoms with Crippen molar-refractivity contribution >= 4 is 23.7 Å². The molecule has 6 aromatic rings. The lowest BCUT2D eigenvalue weighted by molar-refractivity contribution is -0.148. The molecule has 2 aliphatic heterocycles. The van der Waals surface area contributed by atoms with E-state index < -0.39 is 29.5 Å². The molecule has 3 heterocycles. The molecular weight excluding hydrogens is 769 g/mol. The number of esters is 1. The average molecular weight is 819 g/mol. The number of ether oxygens (including phenoxy) is 3.